The van der Waals surface area contributed by atoms with Crippen molar-refractivity contribution >= 4 is 5.57 Å². The van der Waals surface area contributed by atoms with Crippen LogP contribution >= 0.6 is 0 Å². The van der Waals surface area contributed by atoms with E-state index < -0.39 is 0 Å². The summed E-state index contributed by atoms with van der Waals surface area (Å²) >= 11 is 0. The SMILES string of the molecule is CC/C(=C/CCC(CC)CC)c1cccc(OCc2ccc(CO)c(CO)c2)c1. The van der Waals surface area contributed by atoms with Crippen molar-refractivity contribution in [3.8, 4) is 5.75 Å². The summed E-state index contributed by atoms with van der Waals surface area (Å²) in [5.74, 6) is 1.67. The van der Waals surface area contributed by atoms with E-state index in [1.165, 1.54) is 30.4 Å². The number of aliphatic hydroxyl groups excluding tert-OH is 2. The Morgan fingerprint density at radius 2 is 1.72 bits per heavy atom. The van der Waals surface area contributed by atoms with Gasteiger partial charge in [-0.15, -0.1) is 0 Å². The highest BCUT2D eigenvalue weighted by Gasteiger charge is 2.06. The third-order valence-corrected chi connectivity index (χ3v) is 5.72. The van der Waals surface area contributed by atoms with Crippen LogP contribution in [-0.4, -0.2) is 10.2 Å². The van der Waals surface area contributed by atoms with E-state index in [4.69, 9.17) is 4.74 Å². The summed E-state index contributed by atoms with van der Waals surface area (Å²) in [5, 5.41) is 18.8. The molecule has 0 aliphatic heterocycles. The molecule has 3 heteroatoms. The van der Waals surface area contributed by atoms with Crippen molar-refractivity contribution in [2.24, 2.45) is 5.92 Å². The van der Waals surface area contributed by atoms with Crippen molar-refractivity contribution in [3.05, 3.63) is 70.8 Å². The first-order valence-corrected chi connectivity index (χ1v) is 10.9. The summed E-state index contributed by atoms with van der Waals surface area (Å²) in [4.78, 5) is 0. The number of rotatable bonds is 12. The number of allylic oxidation sites excluding steroid dienone is 2. The molecule has 0 fully saturated rings. The van der Waals surface area contributed by atoms with Gasteiger partial charge in [-0.1, -0.05) is 64.0 Å². The maximum Gasteiger partial charge on any atom is 0.120 e. The first-order valence-electron chi connectivity index (χ1n) is 10.9. The van der Waals surface area contributed by atoms with Crippen LogP contribution in [0.2, 0.25) is 0 Å². The standard InChI is InChI=1S/C26H36O3/c1-4-20(5-2)9-7-10-22(6-3)23-11-8-12-26(16-23)29-19-21-13-14-24(17-27)25(15-21)18-28/h8,10-16,20,27-28H,4-7,9,17-19H2,1-3H3/b22-10-. The van der Waals surface area contributed by atoms with E-state index in [1.807, 2.05) is 30.3 Å². The van der Waals surface area contributed by atoms with Crippen LogP contribution in [0.1, 0.15) is 75.1 Å². The molecule has 2 aromatic rings. The van der Waals surface area contributed by atoms with Crippen molar-refractivity contribution in [3.63, 3.8) is 0 Å². The van der Waals surface area contributed by atoms with Gasteiger partial charge in [-0.25, -0.2) is 0 Å². The molecule has 0 heterocycles. The Hall–Kier alpha value is -2.10. The fraction of sp³-hybridized carbons (Fsp3) is 0.462. The third kappa shape index (κ3) is 7.02. The molecule has 0 aliphatic carbocycles. The molecular weight excluding hydrogens is 360 g/mol. The van der Waals surface area contributed by atoms with Crippen LogP contribution in [0.25, 0.3) is 5.57 Å². The van der Waals surface area contributed by atoms with Crippen LogP contribution in [0.3, 0.4) is 0 Å². The smallest absolute Gasteiger partial charge is 0.120 e. The second-order valence-corrected chi connectivity index (χ2v) is 7.58. The van der Waals surface area contributed by atoms with Gasteiger partial charge in [0.15, 0.2) is 0 Å². The van der Waals surface area contributed by atoms with Gasteiger partial charge in [0.1, 0.15) is 12.4 Å². The second-order valence-electron chi connectivity index (χ2n) is 7.58. The molecule has 2 N–H and O–H groups in total. The van der Waals surface area contributed by atoms with Gasteiger partial charge in [0.2, 0.25) is 0 Å². The van der Waals surface area contributed by atoms with E-state index >= 15 is 0 Å². The van der Waals surface area contributed by atoms with Crippen molar-refractivity contribution in [2.45, 2.75) is 72.7 Å². The van der Waals surface area contributed by atoms with Crippen LogP contribution in [0, 0.1) is 5.92 Å². The van der Waals surface area contributed by atoms with E-state index in [0.717, 1.165) is 41.2 Å². The molecule has 0 amide bonds. The lowest BCUT2D eigenvalue weighted by Gasteiger charge is -2.13. The summed E-state index contributed by atoms with van der Waals surface area (Å²) in [6.07, 6.45) is 8.29. The minimum absolute atomic E-state index is 0.0670. The lowest BCUT2D eigenvalue weighted by atomic mass is 9.95. The average Bonchev–Trinajstić information content (AvgIpc) is 2.78. The van der Waals surface area contributed by atoms with Gasteiger partial charge in [0.25, 0.3) is 0 Å². The molecule has 2 rings (SSSR count). The molecule has 0 unspecified atom stereocenters. The molecule has 158 valence electrons. The number of ether oxygens (including phenoxy) is 1. The van der Waals surface area contributed by atoms with Gasteiger partial charge in [0.05, 0.1) is 13.2 Å². The fourth-order valence-corrected chi connectivity index (χ4v) is 3.68. The van der Waals surface area contributed by atoms with Gasteiger partial charge < -0.3 is 14.9 Å². The Morgan fingerprint density at radius 1 is 0.966 bits per heavy atom. The first-order chi connectivity index (χ1) is 14.1. The molecular formula is C26H36O3. The monoisotopic (exact) mass is 396 g/mol. The zero-order chi connectivity index (χ0) is 21.1. The Kier molecular flexibility index (Phi) is 9.96. The van der Waals surface area contributed by atoms with Crippen molar-refractivity contribution < 1.29 is 14.9 Å². The molecule has 0 bridgehead atoms. The van der Waals surface area contributed by atoms with E-state index in [1.54, 1.807) is 0 Å². The Labute approximate surface area is 176 Å². The Morgan fingerprint density at radius 3 is 2.38 bits per heavy atom. The highest BCUT2D eigenvalue weighted by molar-refractivity contribution is 5.66. The summed E-state index contributed by atoms with van der Waals surface area (Å²) < 4.78 is 6.01. The van der Waals surface area contributed by atoms with Crippen LogP contribution < -0.4 is 4.74 Å². The van der Waals surface area contributed by atoms with Crippen LogP contribution in [-0.2, 0) is 19.8 Å². The van der Waals surface area contributed by atoms with E-state index in [0.29, 0.717) is 6.61 Å². The second kappa shape index (κ2) is 12.5. The highest BCUT2D eigenvalue weighted by Crippen LogP contribution is 2.25. The zero-order valence-electron chi connectivity index (χ0n) is 18.2. The van der Waals surface area contributed by atoms with Gasteiger partial charge in [-0.3, -0.25) is 0 Å². The molecule has 0 radical (unpaired) electrons. The van der Waals surface area contributed by atoms with Gasteiger partial charge in [0, 0.05) is 0 Å². The predicted octanol–water partition coefficient (Wildman–Crippen LogP) is 6.26. The zero-order valence-corrected chi connectivity index (χ0v) is 18.2. The van der Waals surface area contributed by atoms with E-state index in [9.17, 15) is 10.2 Å². The number of benzene rings is 2. The minimum atomic E-state index is -0.0825. The summed E-state index contributed by atoms with van der Waals surface area (Å²) in [6, 6.07) is 14.0. The molecule has 0 aromatic heterocycles. The summed E-state index contributed by atoms with van der Waals surface area (Å²) in [6.45, 7) is 7.04. The van der Waals surface area contributed by atoms with Gasteiger partial charge in [-0.2, -0.15) is 0 Å². The van der Waals surface area contributed by atoms with Crippen LogP contribution in [0.4, 0.5) is 0 Å². The van der Waals surface area contributed by atoms with E-state index in [2.05, 4.69) is 39.0 Å². The Bertz CT molecular complexity index is 775. The van der Waals surface area contributed by atoms with Crippen molar-refractivity contribution in [2.75, 3.05) is 0 Å². The number of hydrogen-bond acceptors (Lipinski definition) is 3. The maximum absolute atomic E-state index is 9.46. The summed E-state index contributed by atoms with van der Waals surface area (Å²) in [7, 11) is 0. The van der Waals surface area contributed by atoms with Crippen molar-refractivity contribution in [1.29, 1.82) is 0 Å². The van der Waals surface area contributed by atoms with Crippen molar-refractivity contribution in [1.82, 2.24) is 0 Å². The van der Waals surface area contributed by atoms with Crippen LogP contribution in [0.15, 0.2) is 48.5 Å². The topological polar surface area (TPSA) is 49.7 Å². The fourth-order valence-electron chi connectivity index (χ4n) is 3.68. The molecule has 0 spiro atoms. The number of hydrogen-bond donors (Lipinski definition) is 2. The molecule has 0 atom stereocenters. The predicted molar refractivity (Wildman–Crippen MR) is 121 cm³/mol. The quantitative estimate of drug-likeness (QED) is 0.445. The normalized spacial score (nSPS) is 11.9. The third-order valence-electron chi connectivity index (χ3n) is 5.72. The minimum Gasteiger partial charge on any atom is -0.489 e. The lowest BCUT2D eigenvalue weighted by Crippen LogP contribution is -2.00. The molecule has 0 saturated heterocycles. The molecule has 0 aliphatic rings. The lowest BCUT2D eigenvalue weighted by molar-refractivity contribution is 0.259. The largest absolute Gasteiger partial charge is 0.489 e. The number of aliphatic hydroxyl groups is 2. The molecule has 29 heavy (non-hydrogen) atoms. The van der Waals surface area contributed by atoms with Gasteiger partial charge >= 0.3 is 0 Å². The molecule has 0 saturated carbocycles. The molecule has 3 nitrogen and oxygen atoms in total. The summed E-state index contributed by atoms with van der Waals surface area (Å²) in [5.41, 5.74) is 5.07. The van der Waals surface area contributed by atoms with Gasteiger partial charge in [-0.05, 0) is 71.2 Å². The highest BCUT2D eigenvalue weighted by atomic mass is 16.5. The Balaban J connectivity index is 2.04. The first kappa shape index (κ1) is 23.2. The average molecular weight is 397 g/mol. The maximum atomic E-state index is 9.46. The molecule has 2 aromatic carbocycles. The van der Waals surface area contributed by atoms with E-state index in [-0.39, 0.29) is 13.2 Å². The van der Waals surface area contributed by atoms with Crippen LogP contribution in [0.5, 0.6) is 5.75 Å².